The Morgan fingerprint density at radius 2 is 1.90 bits per heavy atom. The average molecular weight is 331 g/mol. The van der Waals surface area contributed by atoms with Crippen molar-refractivity contribution >= 4 is 21.8 Å². The van der Waals surface area contributed by atoms with Crippen molar-refractivity contribution in [3.05, 3.63) is 29.8 Å². The van der Waals surface area contributed by atoms with Gasteiger partial charge in [0.2, 0.25) is 10.0 Å². The van der Waals surface area contributed by atoms with Gasteiger partial charge in [0.15, 0.2) is 0 Å². The van der Waals surface area contributed by atoms with Crippen LogP contribution in [0.15, 0.2) is 29.2 Å². The molecule has 0 amide bonds. The van der Waals surface area contributed by atoms with Crippen LogP contribution < -0.4 is 5.32 Å². The molecule has 1 rings (SSSR count). The van der Waals surface area contributed by atoms with E-state index in [4.69, 9.17) is 0 Å². The molecule has 1 aromatic rings. The number of nitrogens with zero attached hydrogens (tertiary/aromatic N) is 1. The maximum absolute atomic E-state index is 12.4. The number of rotatable bonds is 9. The molecule has 4 nitrogen and oxygen atoms in total. The van der Waals surface area contributed by atoms with E-state index in [-0.39, 0.29) is 6.04 Å². The minimum absolute atomic E-state index is 0.232. The zero-order chi connectivity index (χ0) is 15.9. The van der Waals surface area contributed by atoms with Crippen LogP contribution in [-0.4, -0.2) is 44.9 Å². The first-order valence-electron chi connectivity index (χ1n) is 7.22. The summed E-state index contributed by atoms with van der Waals surface area (Å²) in [5, 5.41) is 3.39. The molecule has 0 aliphatic carbocycles. The van der Waals surface area contributed by atoms with Crippen LogP contribution >= 0.6 is 11.8 Å². The van der Waals surface area contributed by atoms with Gasteiger partial charge < -0.3 is 5.32 Å². The number of nitrogens with one attached hydrogen (secondary N) is 1. The van der Waals surface area contributed by atoms with Crippen molar-refractivity contribution in [2.24, 2.45) is 0 Å². The van der Waals surface area contributed by atoms with Crippen molar-refractivity contribution in [2.75, 3.05) is 32.1 Å². The van der Waals surface area contributed by atoms with Gasteiger partial charge in [-0.15, -0.1) is 0 Å². The lowest BCUT2D eigenvalue weighted by molar-refractivity contribution is 0.488. The standard InChI is InChI=1S/C15H26N2O2S2/c1-5-10-16-13(2)14-6-8-15(9-7-14)21(18,19)17(3)11-12-20-4/h6-9,13,16H,5,10-12H2,1-4H3. The molecule has 6 heteroatoms. The molecular formula is C15H26N2O2S2. The van der Waals surface area contributed by atoms with Gasteiger partial charge in [0.05, 0.1) is 4.90 Å². The van der Waals surface area contributed by atoms with Crippen molar-refractivity contribution in [1.29, 1.82) is 0 Å². The second kappa shape index (κ2) is 8.78. The second-order valence-electron chi connectivity index (χ2n) is 5.06. The molecular weight excluding hydrogens is 304 g/mol. The summed E-state index contributed by atoms with van der Waals surface area (Å²) in [6.45, 7) is 5.70. The number of sulfonamides is 1. The summed E-state index contributed by atoms with van der Waals surface area (Å²) < 4.78 is 26.2. The Labute approximate surface area is 133 Å². The Bertz CT molecular complexity index is 515. The van der Waals surface area contributed by atoms with Crippen LogP contribution in [0.25, 0.3) is 0 Å². The number of benzene rings is 1. The van der Waals surface area contributed by atoms with E-state index < -0.39 is 10.0 Å². The van der Waals surface area contributed by atoms with E-state index in [9.17, 15) is 8.42 Å². The molecule has 0 aliphatic heterocycles. The fourth-order valence-electron chi connectivity index (χ4n) is 1.93. The lowest BCUT2D eigenvalue weighted by atomic mass is 10.1. The Morgan fingerprint density at radius 3 is 2.43 bits per heavy atom. The summed E-state index contributed by atoms with van der Waals surface area (Å²) >= 11 is 1.64. The summed E-state index contributed by atoms with van der Waals surface area (Å²) in [5.41, 5.74) is 1.11. The van der Waals surface area contributed by atoms with Gasteiger partial charge >= 0.3 is 0 Å². The van der Waals surface area contributed by atoms with Gasteiger partial charge in [-0.25, -0.2) is 12.7 Å². The molecule has 1 unspecified atom stereocenters. The third-order valence-electron chi connectivity index (χ3n) is 3.40. The minimum atomic E-state index is -3.37. The lowest BCUT2D eigenvalue weighted by Gasteiger charge is -2.18. The van der Waals surface area contributed by atoms with Crippen molar-refractivity contribution in [3.8, 4) is 0 Å². The van der Waals surface area contributed by atoms with Crippen molar-refractivity contribution in [1.82, 2.24) is 9.62 Å². The topological polar surface area (TPSA) is 49.4 Å². The average Bonchev–Trinajstić information content (AvgIpc) is 2.50. The normalized spacial score (nSPS) is 13.6. The quantitative estimate of drug-likeness (QED) is 0.756. The first-order chi connectivity index (χ1) is 9.93. The van der Waals surface area contributed by atoms with Gasteiger partial charge in [0, 0.05) is 25.4 Å². The Morgan fingerprint density at radius 1 is 1.29 bits per heavy atom. The van der Waals surface area contributed by atoms with E-state index >= 15 is 0 Å². The van der Waals surface area contributed by atoms with E-state index in [0.29, 0.717) is 11.4 Å². The maximum Gasteiger partial charge on any atom is 0.242 e. The molecule has 0 bridgehead atoms. The molecule has 120 valence electrons. The van der Waals surface area contributed by atoms with Gasteiger partial charge in [-0.1, -0.05) is 19.1 Å². The van der Waals surface area contributed by atoms with E-state index in [2.05, 4.69) is 19.2 Å². The largest absolute Gasteiger partial charge is 0.310 e. The van der Waals surface area contributed by atoms with E-state index in [1.165, 1.54) is 4.31 Å². The summed E-state index contributed by atoms with van der Waals surface area (Å²) in [6.07, 6.45) is 3.05. The molecule has 0 spiro atoms. The molecule has 0 fully saturated rings. The van der Waals surface area contributed by atoms with Crippen LogP contribution in [0, 0.1) is 0 Å². The molecule has 1 aromatic carbocycles. The van der Waals surface area contributed by atoms with E-state index in [0.717, 1.165) is 24.3 Å². The molecule has 0 saturated carbocycles. The zero-order valence-corrected chi connectivity index (χ0v) is 14.9. The van der Waals surface area contributed by atoms with Crippen molar-refractivity contribution in [2.45, 2.75) is 31.2 Å². The summed E-state index contributed by atoms with van der Waals surface area (Å²) in [6, 6.07) is 7.41. The van der Waals surface area contributed by atoms with Crippen LogP contribution in [-0.2, 0) is 10.0 Å². The Balaban J connectivity index is 2.81. The molecule has 0 radical (unpaired) electrons. The minimum Gasteiger partial charge on any atom is -0.310 e. The molecule has 0 aliphatic rings. The van der Waals surface area contributed by atoms with Crippen LogP contribution in [0.3, 0.4) is 0 Å². The van der Waals surface area contributed by atoms with Crippen molar-refractivity contribution < 1.29 is 8.42 Å². The van der Waals surface area contributed by atoms with Crippen LogP contribution in [0.5, 0.6) is 0 Å². The molecule has 0 aromatic heterocycles. The highest BCUT2D eigenvalue weighted by Crippen LogP contribution is 2.19. The van der Waals surface area contributed by atoms with Crippen LogP contribution in [0.1, 0.15) is 31.9 Å². The first kappa shape index (κ1) is 18.5. The fraction of sp³-hybridized carbons (Fsp3) is 0.600. The number of thioether (sulfide) groups is 1. The number of hydrogen-bond acceptors (Lipinski definition) is 4. The second-order valence-corrected chi connectivity index (χ2v) is 8.09. The molecule has 0 saturated heterocycles. The first-order valence-corrected chi connectivity index (χ1v) is 10.1. The van der Waals surface area contributed by atoms with Crippen molar-refractivity contribution in [3.63, 3.8) is 0 Å². The number of hydrogen-bond donors (Lipinski definition) is 1. The maximum atomic E-state index is 12.4. The molecule has 1 N–H and O–H groups in total. The predicted octanol–water partition coefficient (Wildman–Crippen LogP) is 2.73. The van der Waals surface area contributed by atoms with Crippen LogP contribution in [0.2, 0.25) is 0 Å². The molecule has 21 heavy (non-hydrogen) atoms. The zero-order valence-electron chi connectivity index (χ0n) is 13.3. The smallest absolute Gasteiger partial charge is 0.242 e. The summed E-state index contributed by atoms with van der Waals surface area (Å²) in [5.74, 6) is 0.797. The third kappa shape index (κ3) is 5.29. The Hall–Kier alpha value is -0.560. The van der Waals surface area contributed by atoms with E-state index in [1.54, 1.807) is 30.9 Å². The molecule has 0 heterocycles. The Kier molecular flexibility index (Phi) is 7.73. The molecule has 1 atom stereocenters. The highest BCUT2D eigenvalue weighted by atomic mass is 32.2. The van der Waals surface area contributed by atoms with Gasteiger partial charge in [0.1, 0.15) is 0 Å². The highest BCUT2D eigenvalue weighted by molar-refractivity contribution is 7.98. The highest BCUT2D eigenvalue weighted by Gasteiger charge is 2.20. The van der Waals surface area contributed by atoms with Gasteiger partial charge in [-0.2, -0.15) is 11.8 Å². The summed E-state index contributed by atoms with van der Waals surface area (Å²) in [4.78, 5) is 0.359. The van der Waals surface area contributed by atoms with Gasteiger partial charge in [-0.3, -0.25) is 0 Å². The predicted molar refractivity (Wildman–Crippen MR) is 91.3 cm³/mol. The van der Waals surface area contributed by atoms with Crippen LogP contribution in [0.4, 0.5) is 0 Å². The van der Waals surface area contributed by atoms with Gasteiger partial charge in [0.25, 0.3) is 0 Å². The van der Waals surface area contributed by atoms with Gasteiger partial charge in [-0.05, 0) is 43.8 Å². The SMILES string of the molecule is CCCNC(C)c1ccc(S(=O)(=O)N(C)CCSC)cc1. The summed E-state index contributed by atoms with van der Waals surface area (Å²) in [7, 11) is -1.74. The fourth-order valence-corrected chi connectivity index (χ4v) is 3.67. The monoisotopic (exact) mass is 330 g/mol. The lowest BCUT2D eigenvalue weighted by Crippen LogP contribution is -2.29. The van der Waals surface area contributed by atoms with E-state index in [1.807, 2.05) is 18.4 Å². The third-order valence-corrected chi connectivity index (χ3v) is 5.86.